The summed E-state index contributed by atoms with van der Waals surface area (Å²) in [6, 6.07) is 8.43. The lowest BCUT2D eigenvalue weighted by molar-refractivity contribution is 0.0879. The van der Waals surface area contributed by atoms with Crippen LogP contribution in [0.3, 0.4) is 0 Å². The van der Waals surface area contributed by atoms with Crippen molar-refractivity contribution in [2.24, 2.45) is 0 Å². The summed E-state index contributed by atoms with van der Waals surface area (Å²) in [7, 11) is 0. The molecule has 0 unspecified atom stereocenters. The normalized spacial score (nSPS) is 12.8. The number of nitrogens with one attached hydrogen (secondary N) is 2. The van der Waals surface area contributed by atoms with Crippen LogP contribution in [0.25, 0.3) is 10.6 Å². The van der Waals surface area contributed by atoms with Gasteiger partial charge in [-0.2, -0.15) is 0 Å². The number of carbonyl (C=O) groups excluding carboxylic acids is 3. The number of rotatable bonds is 3. The van der Waals surface area contributed by atoms with E-state index in [-0.39, 0.29) is 17.0 Å². The molecule has 4 rings (SSSR count). The number of nitrogens with zero attached hydrogens (tertiary/aromatic N) is 1. The third-order valence-corrected chi connectivity index (χ3v) is 5.50. The smallest absolute Gasteiger partial charge is 0.258 e. The highest BCUT2D eigenvalue weighted by atomic mass is 32.1. The Morgan fingerprint density at radius 3 is 2.68 bits per heavy atom. The number of carbonyl (C=O) groups is 3. The second kappa shape index (κ2) is 5.91. The van der Waals surface area contributed by atoms with Gasteiger partial charge in [0.2, 0.25) is 0 Å². The maximum absolute atomic E-state index is 12.4. The molecule has 0 atom stereocenters. The quantitative estimate of drug-likeness (QED) is 0.693. The number of thiophene rings is 1. The molecular formula is C17H11N3O3S2. The summed E-state index contributed by atoms with van der Waals surface area (Å²) in [6.45, 7) is 2.03. The van der Waals surface area contributed by atoms with Crippen molar-refractivity contribution in [3.63, 3.8) is 0 Å². The molecule has 0 radical (unpaired) electrons. The summed E-state index contributed by atoms with van der Waals surface area (Å²) in [5, 5.41) is 7.30. The highest BCUT2D eigenvalue weighted by molar-refractivity contribution is 7.17. The number of benzene rings is 1. The van der Waals surface area contributed by atoms with E-state index in [0.717, 1.165) is 10.6 Å². The van der Waals surface area contributed by atoms with Gasteiger partial charge in [0.1, 0.15) is 0 Å². The molecule has 6 nitrogen and oxygen atoms in total. The van der Waals surface area contributed by atoms with E-state index in [4.69, 9.17) is 0 Å². The Morgan fingerprint density at radius 2 is 1.92 bits per heavy atom. The molecule has 0 bridgehead atoms. The van der Waals surface area contributed by atoms with E-state index >= 15 is 0 Å². The monoisotopic (exact) mass is 369 g/mol. The first-order chi connectivity index (χ1) is 12.0. The molecule has 0 fully saturated rings. The van der Waals surface area contributed by atoms with E-state index in [9.17, 15) is 14.4 Å². The number of hydrogen-bond donors (Lipinski definition) is 2. The van der Waals surface area contributed by atoms with Gasteiger partial charge in [-0.1, -0.05) is 0 Å². The van der Waals surface area contributed by atoms with Crippen LogP contribution >= 0.6 is 22.7 Å². The molecule has 8 heteroatoms. The standard InChI is InChI=1S/C17H11N3O3S2/c1-8-2-5-13(25-8)12-7-24-17(18-12)20-14(21)9-3-4-10-11(6-9)16(23)19-15(10)22/h2-7H,1H3,(H,18,20,21)(H,19,22,23). The van der Waals surface area contributed by atoms with E-state index in [1.165, 1.54) is 34.4 Å². The lowest BCUT2D eigenvalue weighted by Crippen LogP contribution is -2.19. The molecule has 1 aliphatic heterocycles. The van der Waals surface area contributed by atoms with Gasteiger partial charge in [0.25, 0.3) is 17.7 Å². The molecule has 0 spiro atoms. The zero-order valence-electron chi connectivity index (χ0n) is 13.0. The fraction of sp³-hybridized carbons (Fsp3) is 0.0588. The van der Waals surface area contributed by atoms with E-state index < -0.39 is 11.8 Å². The Hall–Kier alpha value is -2.84. The molecule has 124 valence electrons. The maximum atomic E-state index is 12.4. The first-order valence-corrected chi connectivity index (χ1v) is 9.04. The average molecular weight is 369 g/mol. The number of anilines is 1. The predicted octanol–water partition coefficient (Wildman–Crippen LogP) is 3.32. The van der Waals surface area contributed by atoms with Crippen molar-refractivity contribution in [3.05, 3.63) is 57.3 Å². The van der Waals surface area contributed by atoms with Crippen LogP contribution in [0.5, 0.6) is 0 Å². The Labute approximate surface area is 150 Å². The summed E-state index contributed by atoms with van der Waals surface area (Å²) in [5.74, 6) is -1.31. The molecule has 2 N–H and O–H groups in total. The molecule has 0 aliphatic carbocycles. The fourth-order valence-electron chi connectivity index (χ4n) is 2.49. The van der Waals surface area contributed by atoms with Crippen LogP contribution in [-0.4, -0.2) is 22.7 Å². The summed E-state index contributed by atoms with van der Waals surface area (Å²) in [6.07, 6.45) is 0. The van der Waals surface area contributed by atoms with Crippen molar-refractivity contribution in [1.29, 1.82) is 0 Å². The van der Waals surface area contributed by atoms with Crippen molar-refractivity contribution >= 4 is 45.5 Å². The van der Waals surface area contributed by atoms with Gasteiger partial charge < -0.3 is 0 Å². The van der Waals surface area contributed by atoms with Gasteiger partial charge in [0.05, 0.1) is 21.7 Å². The highest BCUT2D eigenvalue weighted by Crippen LogP contribution is 2.30. The zero-order valence-corrected chi connectivity index (χ0v) is 14.6. The third kappa shape index (κ3) is 2.86. The number of thiazole rings is 1. The lowest BCUT2D eigenvalue weighted by Gasteiger charge is -2.03. The highest BCUT2D eigenvalue weighted by Gasteiger charge is 2.27. The molecule has 0 saturated heterocycles. The van der Waals surface area contributed by atoms with Crippen molar-refractivity contribution in [1.82, 2.24) is 10.3 Å². The van der Waals surface area contributed by atoms with Gasteiger partial charge in [-0.05, 0) is 37.3 Å². The number of imide groups is 1. The van der Waals surface area contributed by atoms with Crippen molar-refractivity contribution in [2.45, 2.75) is 6.92 Å². The second-order valence-electron chi connectivity index (χ2n) is 5.45. The van der Waals surface area contributed by atoms with Gasteiger partial charge in [-0.25, -0.2) is 4.98 Å². The number of fused-ring (bicyclic) bond motifs is 1. The van der Waals surface area contributed by atoms with Crippen molar-refractivity contribution in [3.8, 4) is 10.6 Å². The molecular weight excluding hydrogens is 358 g/mol. The molecule has 0 saturated carbocycles. The Kier molecular flexibility index (Phi) is 3.70. The SMILES string of the molecule is Cc1ccc(-c2csc(NC(=O)c3ccc4c(c3)C(=O)NC4=O)n2)s1. The predicted molar refractivity (Wildman–Crippen MR) is 96.4 cm³/mol. The van der Waals surface area contributed by atoms with Crippen LogP contribution < -0.4 is 10.6 Å². The van der Waals surface area contributed by atoms with Crippen LogP contribution in [0.1, 0.15) is 36.0 Å². The van der Waals surface area contributed by atoms with Gasteiger partial charge in [0, 0.05) is 15.8 Å². The summed E-state index contributed by atoms with van der Waals surface area (Å²) in [5.41, 5.74) is 1.61. The molecule has 3 amide bonds. The average Bonchev–Trinajstić information content (AvgIpc) is 3.28. The Balaban J connectivity index is 1.55. The van der Waals surface area contributed by atoms with E-state index in [1.807, 2.05) is 24.4 Å². The minimum atomic E-state index is -0.487. The largest absolute Gasteiger partial charge is 0.298 e. The van der Waals surface area contributed by atoms with E-state index in [2.05, 4.69) is 15.6 Å². The third-order valence-electron chi connectivity index (χ3n) is 3.72. The number of aromatic nitrogens is 1. The minimum absolute atomic E-state index is 0.214. The minimum Gasteiger partial charge on any atom is -0.298 e. The molecule has 1 aromatic carbocycles. The lowest BCUT2D eigenvalue weighted by atomic mass is 10.1. The number of amides is 3. The summed E-state index contributed by atoms with van der Waals surface area (Å²) >= 11 is 2.97. The fourth-order valence-corrected chi connectivity index (χ4v) is 4.10. The van der Waals surface area contributed by atoms with Crippen molar-refractivity contribution in [2.75, 3.05) is 5.32 Å². The first-order valence-electron chi connectivity index (χ1n) is 7.35. The zero-order chi connectivity index (χ0) is 17.6. The molecule has 2 aromatic heterocycles. The molecule has 3 aromatic rings. The Morgan fingerprint density at radius 1 is 1.12 bits per heavy atom. The van der Waals surface area contributed by atoms with E-state index in [1.54, 1.807) is 11.3 Å². The van der Waals surface area contributed by atoms with Crippen LogP contribution in [0.4, 0.5) is 5.13 Å². The van der Waals surface area contributed by atoms with Crippen LogP contribution in [-0.2, 0) is 0 Å². The second-order valence-corrected chi connectivity index (χ2v) is 7.59. The van der Waals surface area contributed by atoms with Crippen molar-refractivity contribution < 1.29 is 14.4 Å². The Bertz CT molecular complexity index is 1040. The molecule has 1 aliphatic rings. The van der Waals surface area contributed by atoms with Gasteiger partial charge in [-0.15, -0.1) is 22.7 Å². The topological polar surface area (TPSA) is 88.2 Å². The number of aryl methyl sites for hydroxylation is 1. The van der Waals surface area contributed by atoms with Gasteiger partial charge >= 0.3 is 0 Å². The summed E-state index contributed by atoms with van der Waals surface area (Å²) < 4.78 is 0. The summed E-state index contributed by atoms with van der Waals surface area (Å²) in [4.78, 5) is 42.3. The van der Waals surface area contributed by atoms with Crippen LogP contribution in [0.15, 0.2) is 35.7 Å². The maximum Gasteiger partial charge on any atom is 0.258 e. The molecule has 25 heavy (non-hydrogen) atoms. The molecule has 3 heterocycles. The van der Waals surface area contributed by atoms with Crippen LogP contribution in [0, 0.1) is 6.92 Å². The number of hydrogen-bond acceptors (Lipinski definition) is 6. The van der Waals surface area contributed by atoms with Gasteiger partial charge in [-0.3, -0.25) is 25.0 Å². The first kappa shape index (κ1) is 15.7. The van der Waals surface area contributed by atoms with E-state index in [0.29, 0.717) is 10.7 Å². The van der Waals surface area contributed by atoms with Gasteiger partial charge in [0.15, 0.2) is 5.13 Å². The van der Waals surface area contributed by atoms with Crippen LogP contribution in [0.2, 0.25) is 0 Å².